The molecule has 0 saturated carbocycles. The van der Waals surface area contributed by atoms with Crippen LogP contribution in [0.15, 0.2) is 81.3 Å². The number of nitrogens with zero attached hydrogens (tertiary/aromatic N) is 2. The molecule has 0 bridgehead atoms. The molecule has 0 aliphatic carbocycles. The van der Waals surface area contributed by atoms with Gasteiger partial charge in [-0.2, -0.15) is 0 Å². The first kappa shape index (κ1) is 22.6. The number of benzene rings is 3. The number of thioether (sulfide) groups is 1. The minimum absolute atomic E-state index is 0.0850. The van der Waals surface area contributed by atoms with E-state index in [2.05, 4.69) is 22.0 Å². The first-order chi connectivity index (χ1) is 15.9. The summed E-state index contributed by atoms with van der Waals surface area (Å²) in [5.41, 5.74) is 1.13. The normalized spacial score (nSPS) is 11.1. The Hall–Kier alpha value is -3.61. The number of fused-ring (bicyclic) bond motifs is 1. The van der Waals surface area contributed by atoms with Crippen molar-refractivity contribution >= 4 is 38.3 Å². The van der Waals surface area contributed by atoms with Gasteiger partial charge in [0.2, 0.25) is 5.89 Å². The molecule has 9 heteroatoms. The lowest BCUT2D eigenvalue weighted by molar-refractivity contribution is 0.0556. The summed E-state index contributed by atoms with van der Waals surface area (Å²) in [4.78, 5) is 12.2. The molecule has 1 aromatic heterocycles. The summed E-state index contributed by atoms with van der Waals surface area (Å²) >= 11 is 1.29. The first-order valence-corrected chi connectivity index (χ1v) is 12.7. The van der Waals surface area contributed by atoms with Crippen molar-refractivity contribution in [2.45, 2.75) is 10.1 Å². The van der Waals surface area contributed by atoms with Crippen LogP contribution in [0, 0.1) is 11.8 Å². The molecule has 4 rings (SSSR count). The number of rotatable bonds is 6. The predicted octanol–water partition coefficient (Wildman–Crippen LogP) is 4.25. The summed E-state index contributed by atoms with van der Waals surface area (Å²) in [5, 5.41) is 10.7. The number of ether oxygens (including phenoxy) is 1. The van der Waals surface area contributed by atoms with Gasteiger partial charge in [0.1, 0.15) is 0 Å². The van der Waals surface area contributed by atoms with Gasteiger partial charge in [0, 0.05) is 11.8 Å². The van der Waals surface area contributed by atoms with E-state index < -0.39 is 15.8 Å². The Kier molecular flexibility index (Phi) is 6.77. The van der Waals surface area contributed by atoms with Gasteiger partial charge in [-0.3, -0.25) is 0 Å². The van der Waals surface area contributed by atoms with Crippen molar-refractivity contribution in [3.63, 3.8) is 0 Å². The highest BCUT2D eigenvalue weighted by Gasteiger charge is 2.12. The van der Waals surface area contributed by atoms with E-state index in [1.165, 1.54) is 36.0 Å². The Morgan fingerprint density at radius 2 is 1.76 bits per heavy atom. The van der Waals surface area contributed by atoms with Crippen molar-refractivity contribution in [2.24, 2.45) is 0 Å². The van der Waals surface area contributed by atoms with Crippen LogP contribution in [-0.4, -0.2) is 43.2 Å². The van der Waals surface area contributed by atoms with Gasteiger partial charge in [-0.1, -0.05) is 60.0 Å². The number of carbonyl (C=O) groups excluding carboxylic acids is 1. The van der Waals surface area contributed by atoms with E-state index in [-0.39, 0.29) is 17.1 Å². The molecule has 166 valence electrons. The Morgan fingerprint density at radius 3 is 2.55 bits per heavy atom. The van der Waals surface area contributed by atoms with E-state index in [1.807, 2.05) is 42.5 Å². The average Bonchev–Trinajstić information content (AvgIpc) is 3.29. The monoisotopic (exact) mass is 478 g/mol. The second-order valence-corrected chi connectivity index (χ2v) is 9.86. The van der Waals surface area contributed by atoms with Crippen molar-refractivity contribution in [1.29, 1.82) is 0 Å². The predicted molar refractivity (Wildman–Crippen MR) is 126 cm³/mol. The van der Waals surface area contributed by atoms with Gasteiger partial charge in [-0.25, -0.2) is 13.2 Å². The number of carbonyl (C=O) groups is 1. The van der Waals surface area contributed by atoms with Crippen LogP contribution >= 0.6 is 11.8 Å². The Morgan fingerprint density at radius 1 is 1.00 bits per heavy atom. The fraction of sp³-hybridized carbons (Fsp3) is 0.125. The van der Waals surface area contributed by atoms with Crippen molar-refractivity contribution < 1.29 is 22.4 Å². The fourth-order valence-electron chi connectivity index (χ4n) is 3.01. The summed E-state index contributed by atoms with van der Waals surface area (Å²) < 4.78 is 33.8. The maximum atomic E-state index is 12.0. The van der Waals surface area contributed by atoms with Gasteiger partial charge >= 0.3 is 5.97 Å². The molecule has 0 amide bonds. The minimum Gasteiger partial charge on any atom is -0.449 e. The molecule has 33 heavy (non-hydrogen) atoms. The smallest absolute Gasteiger partial charge is 0.339 e. The van der Waals surface area contributed by atoms with Crippen LogP contribution < -0.4 is 0 Å². The molecule has 7 nitrogen and oxygen atoms in total. The number of aromatic nitrogens is 2. The largest absolute Gasteiger partial charge is 0.449 e. The molecule has 0 aliphatic heterocycles. The van der Waals surface area contributed by atoms with E-state index in [0.29, 0.717) is 16.9 Å². The topological polar surface area (TPSA) is 99.4 Å². The van der Waals surface area contributed by atoms with Crippen molar-refractivity contribution in [3.05, 3.63) is 72.3 Å². The fourth-order valence-corrected chi connectivity index (χ4v) is 4.18. The van der Waals surface area contributed by atoms with Gasteiger partial charge < -0.3 is 9.15 Å². The SMILES string of the molecule is CS(=O)(=O)c1ccc(C(=O)OCC#CCSc2nnc(-c3cccc4ccccc34)o2)cc1. The van der Waals surface area contributed by atoms with E-state index in [1.54, 1.807) is 0 Å². The van der Waals surface area contributed by atoms with Crippen molar-refractivity contribution in [3.8, 4) is 23.3 Å². The van der Waals surface area contributed by atoms with Crippen LogP contribution in [0.1, 0.15) is 10.4 Å². The van der Waals surface area contributed by atoms with Crippen LogP contribution in [0.4, 0.5) is 0 Å². The molecule has 0 atom stereocenters. The summed E-state index contributed by atoms with van der Waals surface area (Å²) in [6.07, 6.45) is 1.10. The lowest BCUT2D eigenvalue weighted by atomic mass is 10.0. The molecule has 0 aliphatic rings. The zero-order chi connectivity index (χ0) is 23.3. The number of hydrogen-bond donors (Lipinski definition) is 0. The Balaban J connectivity index is 1.28. The molecule has 0 fully saturated rings. The highest BCUT2D eigenvalue weighted by Crippen LogP contribution is 2.29. The zero-order valence-corrected chi connectivity index (χ0v) is 19.2. The van der Waals surface area contributed by atoms with Gasteiger partial charge in [0.05, 0.1) is 16.2 Å². The van der Waals surface area contributed by atoms with Crippen molar-refractivity contribution in [1.82, 2.24) is 10.2 Å². The quantitative estimate of drug-likeness (QED) is 0.230. The summed E-state index contributed by atoms with van der Waals surface area (Å²) in [5.74, 6) is 5.89. The standard InChI is InChI=1S/C24H18N2O5S2/c1-33(28,29)19-13-11-18(12-14-19)23(27)30-15-4-5-16-32-24-26-25-22(31-24)21-10-6-8-17-7-2-3-9-20(17)21/h2-3,6-14H,15-16H2,1H3. The molecule has 0 N–H and O–H groups in total. The first-order valence-electron chi connectivity index (χ1n) is 9.79. The second kappa shape index (κ2) is 9.90. The summed E-state index contributed by atoms with van der Waals surface area (Å²) in [7, 11) is -3.31. The van der Waals surface area contributed by atoms with Crippen LogP contribution in [0.2, 0.25) is 0 Å². The van der Waals surface area contributed by atoms with Gasteiger partial charge in [0.15, 0.2) is 16.4 Å². The third-order valence-corrected chi connectivity index (χ3v) is 6.44. The number of sulfone groups is 1. The van der Waals surface area contributed by atoms with Gasteiger partial charge in [0.25, 0.3) is 5.22 Å². The number of hydrogen-bond acceptors (Lipinski definition) is 8. The molecule has 0 saturated heterocycles. The maximum absolute atomic E-state index is 12.0. The van der Waals surface area contributed by atoms with Crippen LogP contribution in [0.3, 0.4) is 0 Å². The van der Waals surface area contributed by atoms with Crippen LogP contribution in [-0.2, 0) is 14.6 Å². The van der Waals surface area contributed by atoms with Crippen LogP contribution in [0.5, 0.6) is 0 Å². The molecule has 1 heterocycles. The van der Waals surface area contributed by atoms with E-state index in [0.717, 1.165) is 22.6 Å². The van der Waals surface area contributed by atoms with E-state index in [4.69, 9.17) is 9.15 Å². The molecule has 0 unspecified atom stereocenters. The Bertz CT molecular complexity index is 1460. The number of esters is 1. The average molecular weight is 479 g/mol. The lowest BCUT2D eigenvalue weighted by Crippen LogP contribution is -2.06. The highest BCUT2D eigenvalue weighted by atomic mass is 32.2. The molecule has 0 spiro atoms. The third kappa shape index (κ3) is 5.61. The zero-order valence-electron chi connectivity index (χ0n) is 17.5. The van der Waals surface area contributed by atoms with Gasteiger partial charge in [-0.15, -0.1) is 10.2 Å². The minimum atomic E-state index is -3.31. The molecule has 3 aromatic carbocycles. The van der Waals surface area contributed by atoms with Gasteiger partial charge in [-0.05, 0) is 41.1 Å². The summed E-state index contributed by atoms with van der Waals surface area (Å²) in [6, 6.07) is 19.4. The second-order valence-electron chi connectivity index (χ2n) is 6.91. The Labute approximate surface area is 195 Å². The van der Waals surface area contributed by atoms with Crippen molar-refractivity contribution in [2.75, 3.05) is 18.6 Å². The van der Waals surface area contributed by atoms with Crippen LogP contribution in [0.25, 0.3) is 22.2 Å². The molecule has 4 aromatic rings. The highest BCUT2D eigenvalue weighted by molar-refractivity contribution is 7.99. The molecular formula is C24H18N2O5S2. The molecular weight excluding hydrogens is 460 g/mol. The molecule has 0 radical (unpaired) electrons. The van der Waals surface area contributed by atoms with E-state index in [9.17, 15) is 13.2 Å². The maximum Gasteiger partial charge on any atom is 0.339 e. The lowest BCUT2D eigenvalue weighted by Gasteiger charge is -2.02. The van der Waals surface area contributed by atoms with E-state index >= 15 is 0 Å². The summed E-state index contributed by atoms with van der Waals surface area (Å²) in [6.45, 7) is -0.0850. The third-order valence-electron chi connectivity index (χ3n) is 4.61.